The molecule has 2 aromatic rings. The first kappa shape index (κ1) is 15.7. The third-order valence-electron chi connectivity index (χ3n) is 4.05. The summed E-state index contributed by atoms with van der Waals surface area (Å²) in [4.78, 5) is 0.314. The molecule has 1 aromatic carbocycles. The van der Waals surface area contributed by atoms with Gasteiger partial charge in [-0.05, 0) is 51.0 Å². The van der Waals surface area contributed by atoms with Gasteiger partial charge in [0.25, 0.3) is 0 Å². The second-order valence-electron chi connectivity index (χ2n) is 5.47. The fourth-order valence-electron chi connectivity index (χ4n) is 3.02. The number of hydrogen-bond acceptors (Lipinski definition) is 4. The maximum Gasteiger partial charge on any atom is 0.243 e. The van der Waals surface area contributed by atoms with Crippen molar-refractivity contribution in [2.45, 2.75) is 37.6 Å². The molecule has 5 nitrogen and oxygen atoms in total. The first-order valence-corrected chi connectivity index (χ1v) is 9.35. The van der Waals surface area contributed by atoms with Gasteiger partial charge in [-0.15, -0.1) is 0 Å². The highest BCUT2D eigenvalue weighted by molar-refractivity contribution is 9.10. The number of nitrogens with zero attached hydrogens (tertiary/aromatic N) is 2. The SMILES string of the molecule is Cc1noc(C)c1C1CCCN1S(=O)(=O)c1ccc(Br)cc1. The lowest BCUT2D eigenvalue weighted by atomic mass is 10.0. The van der Waals surface area contributed by atoms with E-state index in [0.29, 0.717) is 17.2 Å². The summed E-state index contributed by atoms with van der Waals surface area (Å²) in [5.41, 5.74) is 1.67. The molecular weight excluding hydrogens is 368 g/mol. The zero-order valence-electron chi connectivity index (χ0n) is 12.4. The largest absolute Gasteiger partial charge is 0.361 e. The van der Waals surface area contributed by atoms with E-state index in [1.54, 1.807) is 28.6 Å². The predicted octanol–water partition coefficient (Wildman–Crippen LogP) is 3.58. The van der Waals surface area contributed by atoms with Gasteiger partial charge in [0.2, 0.25) is 10.0 Å². The minimum atomic E-state index is -3.52. The number of aryl methyl sites for hydroxylation is 2. The van der Waals surface area contributed by atoms with E-state index in [2.05, 4.69) is 21.1 Å². The number of sulfonamides is 1. The van der Waals surface area contributed by atoms with Crippen molar-refractivity contribution in [2.24, 2.45) is 0 Å². The van der Waals surface area contributed by atoms with Gasteiger partial charge >= 0.3 is 0 Å². The Labute approximate surface area is 138 Å². The second-order valence-corrected chi connectivity index (χ2v) is 8.27. The van der Waals surface area contributed by atoms with E-state index in [1.165, 1.54) is 0 Å². The molecule has 1 unspecified atom stereocenters. The van der Waals surface area contributed by atoms with Crippen LogP contribution in [0.5, 0.6) is 0 Å². The standard InChI is InChI=1S/C15H17BrN2O3S/c1-10-15(11(2)21-17-10)14-4-3-9-18(14)22(19,20)13-7-5-12(16)6-8-13/h5-8,14H,3-4,9H2,1-2H3. The van der Waals surface area contributed by atoms with Gasteiger partial charge in [-0.1, -0.05) is 21.1 Å². The number of aromatic nitrogens is 1. The average molecular weight is 385 g/mol. The van der Waals surface area contributed by atoms with Crippen LogP contribution in [0, 0.1) is 13.8 Å². The molecule has 0 saturated carbocycles. The summed E-state index contributed by atoms with van der Waals surface area (Å²) in [6.45, 7) is 4.21. The Morgan fingerprint density at radius 3 is 2.55 bits per heavy atom. The number of benzene rings is 1. The molecule has 0 amide bonds. The average Bonchev–Trinajstić information content (AvgIpc) is 3.06. The van der Waals surface area contributed by atoms with Gasteiger partial charge in [-0.2, -0.15) is 4.31 Å². The Bertz CT molecular complexity index is 764. The molecule has 1 aliphatic rings. The van der Waals surface area contributed by atoms with Crippen LogP contribution in [0.2, 0.25) is 0 Å². The fraction of sp³-hybridized carbons (Fsp3) is 0.400. The first-order chi connectivity index (χ1) is 10.4. The van der Waals surface area contributed by atoms with Crippen molar-refractivity contribution in [1.82, 2.24) is 9.46 Å². The fourth-order valence-corrected chi connectivity index (χ4v) is 4.95. The zero-order chi connectivity index (χ0) is 15.9. The van der Waals surface area contributed by atoms with Gasteiger partial charge in [0.05, 0.1) is 16.6 Å². The molecule has 1 saturated heterocycles. The Balaban J connectivity index is 2.01. The van der Waals surface area contributed by atoms with Crippen molar-refractivity contribution < 1.29 is 12.9 Å². The van der Waals surface area contributed by atoms with Crippen molar-refractivity contribution in [3.63, 3.8) is 0 Å². The van der Waals surface area contributed by atoms with Gasteiger partial charge in [-0.25, -0.2) is 8.42 Å². The third kappa shape index (κ3) is 2.61. The molecule has 2 heterocycles. The minimum absolute atomic E-state index is 0.195. The summed E-state index contributed by atoms with van der Waals surface area (Å²) in [5, 5.41) is 3.96. The van der Waals surface area contributed by atoms with Crippen LogP contribution in [0.1, 0.15) is 35.9 Å². The summed E-state index contributed by atoms with van der Waals surface area (Å²) in [7, 11) is -3.52. The van der Waals surface area contributed by atoms with Crippen LogP contribution < -0.4 is 0 Å². The molecule has 1 aromatic heterocycles. The van der Waals surface area contributed by atoms with Crippen LogP contribution in [-0.4, -0.2) is 24.4 Å². The van der Waals surface area contributed by atoms with E-state index in [0.717, 1.165) is 28.6 Å². The molecule has 3 rings (SSSR count). The summed E-state index contributed by atoms with van der Waals surface area (Å²) in [6.07, 6.45) is 1.63. The monoisotopic (exact) mass is 384 g/mol. The molecule has 0 bridgehead atoms. The molecule has 0 radical (unpaired) electrons. The van der Waals surface area contributed by atoms with Gasteiger partial charge in [0.1, 0.15) is 5.76 Å². The Morgan fingerprint density at radius 2 is 1.95 bits per heavy atom. The van der Waals surface area contributed by atoms with Crippen LogP contribution in [0.25, 0.3) is 0 Å². The Morgan fingerprint density at radius 1 is 1.27 bits per heavy atom. The minimum Gasteiger partial charge on any atom is -0.361 e. The Kier molecular flexibility index (Phi) is 4.13. The molecular formula is C15H17BrN2O3S. The predicted molar refractivity (Wildman–Crippen MR) is 86.0 cm³/mol. The topological polar surface area (TPSA) is 63.4 Å². The molecule has 1 fully saturated rings. The molecule has 0 spiro atoms. The van der Waals surface area contributed by atoms with E-state index in [4.69, 9.17) is 4.52 Å². The maximum absolute atomic E-state index is 12.9. The third-order valence-corrected chi connectivity index (χ3v) is 6.50. The summed E-state index contributed by atoms with van der Waals surface area (Å²) < 4.78 is 33.5. The number of hydrogen-bond donors (Lipinski definition) is 0. The van der Waals surface area contributed by atoms with E-state index in [-0.39, 0.29) is 6.04 Å². The lowest BCUT2D eigenvalue weighted by Crippen LogP contribution is -2.31. The molecule has 22 heavy (non-hydrogen) atoms. The molecule has 7 heteroatoms. The normalized spacial score (nSPS) is 19.7. The van der Waals surface area contributed by atoms with Crippen LogP contribution in [-0.2, 0) is 10.0 Å². The Hall–Kier alpha value is -1.18. The van der Waals surface area contributed by atoms with Gasteiger partial charge < -0.3 is 4.52 Å². The van der Waals surface area contributed by atoms with Crippen LogP contribution >= 0.6 is 15.9 Å². The number of rotatable bonds is 3. The molecule has 1 aliphatic heterocycles. The van der Waals surface area contributed by atoms with E-state index >= 15 is 0 Å². The summed E-state index contributed by atoms with van der Waals surface area (Å²) in [5.74, 6) is 0.695. The summed E-state index contributed by atoms with van der Waals surface area (Å²) in [6, 6.07) is 6.55. The molecule has 118 valence electrons. The van der Waals surface area contributed by atoms with Gasteiger partial charge in [0, 0.05) is 16.6 Å². The highest BCUT2D eigenvalue weighted by Gasteiger charge is 2.38. The molecule has 1 atom stereocenters. The second kappa shape index (κ2) is 5.79. The van der Waals surface area contributed by atoms with Crippen LogP contribution in [0.4, 0.5) is 0 Å². The molecule has 0 aliphatic carbocycles. The molecule has 0 N–H and O–H groups in total. The zero-order valence-corrected chi connectivity index (χ0v) is 14.8. The highest BCUT2D eigenvalue weighted by Crippen LogP contribution is 2.39. The number of halogens is 1. The first-order valence-electron chi connectivity index (χ1n) is 7.11. The lowest BCUT2D eigenvalue weighted by molar-refractivity contribution is 0.376. The smallest absolute Gasteiger partial charge is 0.243 e. The van der Waals surface area contributed by atoms with Crippen molar-refractivity contribution in [3.05, 3.63) is 45.8 Å². The van der Waals surface area contributed by atoms with Gasteiger partial charge in [0.15, 0.2) is 0 Å². The van der Waals surface area contributed by atoms with Crippen molar-refractivity contribution in [3.8, 4) is 0 Å². The van der Waals surface area contributed by atoms with Crippen molar-refractivity contribution in [2.75, 3.05) is 6.54 Å². The quantitative estimate of drug-likeness (QED) is 0.810. The van der Waals surface area contributed by atoms with Crippen molar-refractivity contribution in [1.29, 1.82) is 0 Å². The maximum atomic E-state index is 12.9. The van der Waals surface area contributed by atoms with Crippen LogP contribution in [0.15, 0.2) is 38.2 Å². The van der Waals surface area contributed by atoms with E-state index in [1.807, 2.05) is 13.8 Å². The summed E-state index contributed by atoms with van der Waals surface area (Å²) >= 11 is 3.33. The van der Waals surface area contributed by atoms with E-state index < -0.39 is 10.0 Å². The highest BCUT2D eigenvalue weighted by atomic mass is 79.9. The van der Waals surface area contributed by atoms with E-state index in [9.17, 15) is 8.42 Å². The van der Waals surface area contributed by atoms with Gasteiger partial charge in [-0.3, -0.25) is 0 Å². The van der Waals surface area contributed by atoms with Crippen LogP contribution in [0.3, 0.4) is 0 Å². The lowest BCUT2D eigenvalue weighted by Gasteiger charge is -2.24. The van der Waals surface area contributed by atoms with Crippen molar-refractivity contribution >= 4 is 26.0 Å².